The summed E-state index contributed by atoms with van der Waals surface area (Å²) < 4.78 is 5.17. The fourth-order valence-corrected chi connectivity index (χ4v) is 3.05. The molecule has 1 amide bonds. The lowest BCUT2D eigenvalue weighted by Gasteiger charge is -2.33. The Bertz CT molecular complexity index is 595. The van der Waals surface area contributed by atoms with Gasteiger partial charge in [-0.2, -0.15) is 0 Å². The number of hydrogen-bond acceptors (Lipinski definition) is 4. The van der Waals surface area contributed by atoms with Crippen molar-refractivity contribution in [3.63, 3.8) is 0 Å². The van der Waals surface area contributed by atoms with Gasteiger partial charge in [-0.15, -0.1) is 0 Å². The van der Waals surface area contributed by atoms with Gasteiger partial charge in [-0.05, 0) is 37.8 Å². The fourth-order valence-electron chi connectivity index (χ4n) is 3.05. The topological polar surface area (TPSA) is 72.6 Å². The maximum atomic E-state index is 12.7. The standard InChI is InChI=1S/C17H22N2O3/c1-22-14-6-2-4-12(10-14)15(20)13-5-3-9-19(11-13)16(21)17(18)7-8-17/h2,4,6,10,13H,3,5,7-9,11,18H2,1H3/t13-/m0/s1. The zero-order valence-electron chi connectivity index (χ0n) is 12.9. The summed E-state index contributed by atoms with van der Waals surface area (Å²) in [6.07, 6.45) is 3.19. The number of carbonyl (C=O) groups is 2. The highest BCUT2D eigenvalue weighted by atomic mass is 16.5. The van der Waals surface area contributed by atoms with E-state index in [0.717, 1.165) is 25.7 Å². The second-order valence-electron chi connectivity index (χ2n) is 6.34. The molecule has 1 saturated heterocycles. The summed E-state index contributed by atoms with van der Waals surface area (Å²) in [5.74, 6) is 0.620. The first kappa shape index (κ1) is 15.0. The van der Waals surface area contributed by atoms with Crippen LogP contribution in [0.3, 0.4) is 0 Å². The van der Waals surface area contributed by atoms with E-state index in [4.69, 9.17) is 10.5 Å². The largest absolute Gasteiger partial charge is 0.497 e. The zero-order valence-corrected chi connectivity index (χ0v) is 12.9. The number of benzene rings is 1. The van der Waals surface area contributed by atoms with Gasteiger partial charge in [-0.1, -0.05) is 12.1 Å². The number of methoxy groups -OCH3 is 1. The quantitative estimate of drug-likeness (QED) is 0.858. The number of rotatable bonds is 4. The summed E-state index contributed by atoms with van der Waals surface area (Å²) in [5.41, 5.74) is 5.99. The Morgan fingerprint density at radius 2 is 2.14 bits per heavy atom. The smallest absolute Gasteiger partial charge is 0.242 e. The molecule has 1 atom stereocenters. The summed E-state index contributed by atoms with van der Waals surface area (Å²) in [7, 11) is 1.58. The predicted molar refractivity (Wildman–Crippen MR) is 82.8 cm³/mol. The Hall–Kier alpha value is -1.88. The number of hydrogen-bond donors (Lipinski definition) is 1. The summed E-state index contributed by atoms with van der Waals surface area (Å²) >= 11 is 0. The van der Waals surface area contributed by atoms with Crippen molar-refractivity contribution in [2.24, 2.45) is 11.7 Å². The number of Topliss-reactive ketones (excluding diaryl/α,β-unsaturated/α-hetero) is 1. The normalized spacial score (nSPS) is 23.0. The van der Waals surface area contributed by atoms with Crippen molar-refractivity contribution in [1.29, 1.82) is 0 Å². The van der Waals surface area contributed by atoms with E-state index in [2.05, 4.69) is 0 Å². The van der Waals surface area contributed by atoms with Crippen LogP contribution in [0, 0.1) is 5.92 Å². The molecule has 1 heterocycles. The second-order valence-corrected chi connectivity index (χ2v) is 6.34. The molecule has 2 aliphatic rings. The van der Waals surface area contributed by atoms with Gasteiger partial charge >= 0.3 is 0 Å². The van der Waals surface area contributed by atoms with E-state index in [1.165, 1.54) is 0 Å². The average molecular weight is 302 g/mol. The average Bonchev–Trinajstić information content (AvgIpc) is 3.32. The maximum Gasteiger partial charge on any atom is 0.242 e. The SMILES string of the molecule is COc1cccc(C(=O)[C@H]2CCCN(C(=O)C3(N)CC3)C2)c1. The summed E-state index contributed by atoms with van der Waals surface area (Å²) in [4.78, 5) is 26.8. The van der Waals surface area contributed by atoms with Crippen molar-refractivity contribution in [3.05, 3.63) is 29.8 Å². The highest BCUT2D eigenvalue weighted by Gasteiger charge is 2.49. The number of likely N-dealkylation sites (tertiary alicyclic amines) is 1. The molecule has 0 aromatic heterocycles. The van der Waals surface area contributed by atoms with Crippen LogP contribution in [-0.4, -0.2) is 42.3 Å². The minimum Gasteiger partial charge on any atom is -0.497 e. The highest BCUT2D eigenvalue weighted by Crippen LogP contribution is 2.35. The number of nitrogens with zero attached hydrogens (tertiary/aromatic N) is 1. The Balaban J connectivity index is 1.71. The van der Waals surface area contributed by atoms with E-state index in [1.807, 2.05) is 12.1 Å². The van der Waals surface area contributed by atoms with Crippen LogP contribution in [0.15, 0.2) is 24.3 Å². The third-order valence-corrected chi connectivity index (χ3v) is 4.65. The molecule has 1 aliphatic heterocycles. The molecule has 0 unspecified atom stereocenters. The minimum absolute atomic E-state index is 0.00985. The van der Waals surface area contributed by atoms with E-state index in [1.54, 1.807) is 24.1 Å². The lowest BCUT2D eigenvalue weighted by Crippen LogP contribution is -2.50. The summed E-state index contributed by atoms with van der Waals surface area (Å²) in [6.45, 7) is 1.19. The van der Waals surface area contributed by atoms with Gasteiger partial charge < -0.3 is 15.4 Å². The molecule has 5 nitrogen and oxygen atoms in total. The first-order valence-corrected chi connectivity index (χ1v) is 7.80. The van der Waals surface area contributed by atoms with Crippen LogP contribution < -0.4 is 10.5 Å². The molecule has 22 heavy (non-hydrogen) atoms. The fraction of sp³-hybridized carbons (Fsp3) is 0.529. The molecule has 1 aromatic carbocycles. The van der Waals surface area contributed by atoms with Gasteiger partial charge in [-0.3, -0.25) is 9.59 Å². The molecule has 2 fully saturated rings. The monoisotopic (exact) mass is 302 g/mol. The molecule has 1 saturated carbocycles. The van der Waals surface area contributed by atoms with Crippen molar-refractivity contribution in [3.8, 4) is 5.75 Å². The molecule has 1 aliphatic carbocycles. The molecular formula is C17H22N2O3. The molecule has 5 heteroatoms. The van der Waals surface area contributed by atoms with Gasteiger partial charge in [0.15, 0.2) is 5.78 Å². The molecular weight excluding hydrogens is 280 g/mol. The lowest BCUT2D eigenvalue weighted by atomic mass is 9.89. The van der Waals surface area contributed by atoms with Crippen molar-refractivity contribution < 1.29 is 14.3 Å². The predicted octanol–water partition coefficient (Wildman–Crippen LogP) is 1.61. The summed E-state index contributed by atoms with van der Waals surface area (Å²) in [5, 5.41) is 0. The zero-order chi connectivity index (χ0) is 15.7. The van der Waals surface area contributed by atoms with Gasteiger partial charge in [-0.25, -0.2) is 0 Å². The number of carbonyl (C=O) groups excluding carboxylic acids is 2. The Labute approximate surface area is 130 Å². The molecule has 3 rings (SSSR count). The van der Waals surface area contributed by atoms with Crippen LogP contribution in [-0.2, 0) is 4.79 Å². The van der Waals surface area contributed by atoms with Gasteiger partial charge in [0, 0.05) is 24.6 Å². The number of nitrogens with two attached hydrogens (primary N) is 1. The third kappa shape index (κ3) is 2.86. The molecule has 118 valence electrons. The molecule has 0 radical (unpaired) electrons. The van der Waals surface area contributed by atoms with E-state index < -0.39 is 5.54 Å². The number of ketones is 1. The van der Waals surface area contributed by atoms with Crippen molar-refractivity contribution in [2.75, 3.05) is 20.2 Å². The Morgan fingerprint density at radius 1 is 1.36 bits per heavy atom. The van der Waals surface area contributed by atoms with Crippen LogP contribution in [0.25, 0.3) is 0 Å². The molecule has 1 aromatic rings. The number of ether oxygens (including phenoxy) is 1. The van der Waals surface area contributed by atoms with Crippen LogP contribution in [0.5, 0.6) is 5.75 Å². The number of piperidine rings is 1. The second kappa shape index (κ2) is 5.72. The lowest BCUT2D eigenvalue weighted by molar-refractivity contribution is -0.135. The van der Waals surface area contributed by atoms with Gasteiger partial charge in [0.2, 0.25) is 5.91 Å². The molecule has 0 spiro atoms. The van der Waals surface area contributed by atoms with E-state index in [-0.39, 0.29) is 17.6 Å². The van der Waals surface area contributed by atoms with E-state index >= 15 is 0 Å². The highest BCUT2D eigenvalue weighted by molar-refractivity contribution is 5.99. The molecule has 0 bridgehead atoms. The first-order chi connectivity index (χ1) is 10.5. The Kier molecular flexibility index (Phi) is 3.91. The number of amides is 1. The first-order valence-electron chi connectivity index (χ1n) is 7.80. The van der Waals surface area contributed by atoms with Gasteiger partial charge in [0.05, 0.1) is 12.6 Å². The van der Waals surface area contributed by atoms with Crippen molar-refractivity contribution in [2.45, 2.75) is 31.2 Å². The van der Waals surface area contributed by atoms with Crippen LogP contribution >= 0.6 is 0 Å². The Morgan fingerprint density at radius 3 is 2.82 bits per heavy atom. The van der Waals surface area contributed by atoms with Crippen molar-refractivity contribution in [1.82, 2.24) is 4.90 Å². The van der Waals surface area contributed by atoms with Gasteiger partial charge in [0.1, 0.15) is 5.75 Å². The summed E-state index contributed by atoms with van der Waals surface area (Å²) in [6, 6.07) is 7.20. The molecule has 2 N–H and O–H groups in total. The van der Waals surface area contributed by atoms with E-state index in [0.29, 0.717) is 24.4 Å². The third-order valence-electron chi connectivity index (χ3n) is 4.65. The van der Waals surface area contributed by atoms with Crippen LogP contribution in [0.4, 0.5) is 0 Å². The maximum absolute atomic E-state index is 12.7. The van der Waals surface area contributed by atoms with Crippen LogP contribution in [0.2, 0.25) is 0 Å². The van der Waals surface area contributed by atoms with Crippen LogP contribution in [0.1, 0.15) is 36.0 Å². The minimum atomic E-state index is -0.652. The van der Waals surface area contributed by atoms with Gasteiger partial charge in [0.25, 0.3) is 0 Å². The van der Waals surface area contributed by atoms with E-state index in [9.17, 15) is 9.59 Å². The van der Waals surface area contributed by atoms with Crippen molar-refractivity contribution >= 4 is 11.7 Å².